The number of anilines is 1. The van der Waals surface area contributed by atoms with E-state index in [0.717, 1.165) is 24.9 Å². The van der Waals surface area contributed by atoms with Crippen LogP contribution in [0.3, 0.4) is 0 Å². The van der Waals surface area contributed by atoms with Crippen molar-refractivity contribution in [2.24, 2.45) is 22.1 Å². The third kappa shape index (κ3) is 2.93. The molecule has 2 aliphatic rings. The summed E-state index contributed by atoms with van der Waals surface area (Å²) in [5.41, 5.74) is 4.85. The van der Waals surface area contributed by atoms with E-state index in [1.165, 1.54) is 11.0 Å². The first kappa shape index (κ1) is 19.2. The molecule has 1 aromatic carbocycles. The zero-order valence-electron chi connectivity index (χ0n) is 16.2. The van der Waals surface area contributed by atoms with Crippen molar-refractivity contribution in [1.29, 1.82) is 5.26 Å². The molecule has 6 nitrogen and oxygen atoms in total. The average molecular weight is 371 g/mol. The Kier molecular flexibility index (Phi) is 4.62. The van der Waals surface area contributed by atoms with Gasteiger partial charge in [-0.1, -0.05) is 0 Å². The zero-order valence-corrected chi connectivity index (χ0v) is 16.2. The second-order valence-corrected chi connectivity index (χ2v) is 8.14. The number of halogens is 1. The van der Waals surface area contributed by atoms with Crippen molar-refractivity contribution in [3.05, 3.63) is 29.6 Å². The summed E-state index contributed by atoms with van der Waals surface area (Å²) in [5, 5.41) is 12.6. The van der Waals surface area contributed by atoms with Gasteiger partial charge in [-0.05, 0) is 58.2 Å². The van der Waals surface area contributed by atoms with E-state index >= 15 is 0 Å². The quantitative estimate of drug-likeness (QED) is 0.854. The van der Waals surface area contributed by atoms with Gasteiger partial charge < -0.3 is 11.1 Å². The first-order valence-electron chi connectivity index (χ1n) is 9.21. The van der Waals surface area contributed by atoms with Crippen molar-refractivity contribution in [1.82, 2.24) is 4.90 Å². The fourth-order valence-corrected chi connectivity index (χ4v) is 4.06. The maximum atomic E-state index is 14.8. The van der Waals surface area contributed by atoms with E-state index in [2.05, 4.69) is 16.4 Å². The van der Waals surface area contributed by atoms with Crippen LogP contribution in [0.25, 0.3) is 0 Å². The molecule has 27 heavy (non-hydrogen) atoms. The minimum absolute atomic E-state index is 0.0434. The number of hydrogen-bond donors (Lipinski definition) is 2. The lowest BCUT2D eigenvalue weighted by molar-refractivity contribution is -0.140. The summed E-state index contributed by atoms with van der Waals surface area (Å²) in [6.07, 6.45) is 2.77. The van der Waals surface area contributed by atoms with Crippen LogP contribution < -0.4 is 11.1 Å². The van der Waals surface area contributed by atoms with Gasteiger partial charge in [0.25, 0.3) is 0 Å². The summed E-state index contributed by atoms with van der Waals surface area (Å²) >= 11 is 0. The lowest BCUT2D eigenvalue weighted by atomic mass is 9.67. The van der Waals surface area contributed by atoms with Crippen LogP contribution in [0.1, 0.15) is 45.6 Å². The van der Waals surface area contributed by atoms with Crippen LogP contribution in [0.5, 0.6) is 0 Å². The molecule has 3 atom stereocenters. The summed E-state index contributed by atoms with van der Waals surface area (Å²) in [6, 6.07) is 7.11. The molecular weight excluding hydrogens is 345 g/mol. The van der Waals surface area contributed by atoms with Crippen molar-refractivity contribution >= 4 is 17.6 Å². The molecule has 0 aromatic heterocycles. The fourth-order valence-electron chi connectivity index (χ4n) is 4.06. The highest BCUT2D eigenvalue weighted by Crippen LogP contribution is 2.47. The molecule has 1 aliphatic carbocycles. The Bertz CT molecular complexity index is 843. The van der Waals surface area contributed by atoms with Gasteiger partial charge in [0, 0.05) is 24.3 Å². The molecule has 1 aromatic rings. The molecule has 1 saturated carbocycles. The molecule has 0 radical (unpaired) electrons. The molecule has 144 valence electrons. The van der Waals surface area contributed by atoms with Crippen LogP contribution >= 0.6 is 0 Å². The lowest BCUT2D eigenvalue weighted by Gasteiger charge is -2.46. The van der Waals surface area contributed by atoms with Crippen LogP contribution in [-0.2, 0) is 10.3 Å². The molecule has 0 saturated heterocycles. The van der Waals surface area contributed by atoms with E-state index < -0.39 is 16.8 Å². The van der Waals surface area contributed by atoms with Crippen LogP contribution in [0.4, 0.5) is 10.1 Å². The maximum Gasteiger partial charge on any atom is 0.237 e. The van der Waals surface area contributed by atoms with Gasteiger partial charge in [0.2, 0.25) is 5.91 Å². The highest BCUT2D eigenvalue weighted by Gasteiger charge is 2.53. The van der Waals surface area contributed by atoms with Crippen molar-refractivity contribution < 1.29 is 9.18 Å². The Morgan fingerprint density at radius 2 is 2.07 bits per heavy atom. The number of amides is 1. The van der Waals surface area contributed by atoms with Crippen molar-refractivity contribution in [2.45, 2.75) is 51.6 Å². The normalized spacial score (nSPS) is 30.0. The first-order valence-corrected chi connectivity index (χ1v) is 9.21. The van der Waals surface area contributed by atoms with Crippen molar-refractivity contribution in [2.75, 3.05) is 12.4 Å². The number of hydrogen-bond acceptors (Lipinski definition) is 5. The number of nitrogens with two attached hydrogens (primary N) is 1. The third-order valence-corrected chi connectivity index (χ3v) is 6.26. The second kappa shape index (κ2) is 6.52. The minimum atomic E-state index is -1.15. The van der Waals surface area contributed by atoms with Gasteiger partial charge >= 0.3 is 0 Å². The van der Waals surface area contributed by atoms with E-state index in [9.17, 15) is 14.4 Å². The summed E-state index contributed by atoms with van der Waals surface area (Å²) in [7, 11) is 1.57. The number of guanidine groups is 1. The first-order chi connectivity index (χ1) is 12.6. The van der Waals surface area contributed by atoms with Gasteiger partial charge in [-0.2, -0.15) is 5.26 Å². The molecule has 1 fully saturated rings. The third-order valence-electron chi connectivity index (χ3n) is 6.26. The molecule has 1 amide bonds. The molecule has 3 N–H and O–H groups in total. The van der Waals surface area contributed by atoms with E-state index in [0.29, 0.717) is 5.56 Å². The summed E-state index contributed by atoms with van der Waals surface area (Å²) in [6.45, 7) is 5.24. The van der Waals surface area contributed by atoms with Gasteiger partial charge in [0.15, 0.2) is 5.96 Å². The number of nitrogens with zero attached hydrogens (tertiary/aromatic N) is 3. The number of nitrogens with one attached hydrogen (secondary N) is 1. The van der Waals surface area contributed by atoms with Gasteiger partial charge in [0.1, 0.15) is 11.4 Å². The van der Waals surface area contributed by atoms with Crippen molar-refractivity contribution in [3.8, 4) is 6.07 Å². The fraction of sp³-hybridized carbons (Fsp3) is 0.550. The highest BCUT2D eigenvalue weighted by atomic mass is 19.1. The summed E-state index contributed by atoms with van der Waals surface area (Å²) in [4.78, 5) is 18.6. The highest BCUT2D eigenvalue weighted by molar-refractivity contribution is 6.01. The van der Waals surface area contributed by atoms with Crippen LogP contribution in [-0.4, -0.2) is 29.9 Å². The molecule has 1 aliphatic heterocycles. The van der Waals surface area contributed by atoms with Crippen LogP contribution in [0.2, 0.25) is 0 Å². The Morgan fingerprint density at radius 3 is 2.74 bits per heavy atom. The number of carbonyl (C=O) groups is 1. The molecule has 0 bridgehead atoms. The monoisotopic (exact) mass is 371 g/mol. The number of rotatable bonds is 3. The Morgan fingerprint density at radius 1 is 1.37 bits per heavy atom. The molecule has 1 unspecified atom stereocenters. The van der Waals surface area contributed by atoms with Gasteiger partial charge in [-0.25, -0.2) is 9.38 Å². The predicted octanol–water partition coefficient (Wildman–Crippen LogP) is 2.96. The molecule has 1 heterocycles. The number of benzene rings is 1. The maximum absolute atomic E-state index is 14.8. The SMILES string of the molecule is CN1C(=O)C(C)(C)C(C)(c2cc(N[C@H]3CCC[C@@H]3C#N)ccc2F)N=C1N. The van der Waals surface area contributed by atoms with Crippen molar-refractivity contribution in [3.63, 3.8) is 0 Å². The standard InChI is InChI=1S/C20H26FN5O/c1-19(2)17(27)26(4)18(23)25-20(19,3)14-10-13(8-9-15(14)21)24-16-7-5-6-12(16)11-22/h8-10,12,16,24H,5-7H2,1-4H3,(H2,23,25)/t12-,16+,20?/m1/s1. The smallest absolute Gasteiger partial charge is 0.237 e. The Labute approximate surface area is 159 Å². The second-order valence-electron chi connectivity index (χ2n) is 8.14. The van der Waals surface area contributed by atoms with E-state index in [1.807, 2.05) is 0 Å². The topological polar surface area (TPSA) is 94.5 Å². The zero-order chi connectivity index (χ0) is 20.0. The number of aliphatic imine (C=N–C) groups is 1. The predicted molar refractivity (Wildman–Crippen MR) is 102 cm³/mol. The van der Waals surface area contributed by atoms with Gasteiger partial charge in [0.05, 0.1) is 17.4 Å². The molecular formula is C20H26FN5O. The summed E-state index contributed by atoms with van der Waals surface area (Å²) in [5.74, 6) is -0.632. The average Bonchev–Trinajstić information content (AvgIpc) is 3.07. The van der Waals surface area contributed by atoms with Crippen LogP contribution in [0.15, 0.2) is 23.2 Å². The van der Waals surface area contributed by atoms with Gasteiger partial charge in [-0.15, -0.1) is 0 Å². The lowest BCUT2D eigenvalue weighted by Crippen LogP contribution is -2.58. The van der Waals surface area contributed by atoms with E-state index in [-0.39, 0.29) is 23.8 Å². The Balaban J connectivity index is 2.03. The largest absolute Gasteiger partial charge is 0.381 e. The van der Waals surface area contributed by atoms with Crippen LogP contribution in [0, 0.1) is 28.5 Å². The molecule has 0 spiro atoms. The van der Waals surface area contributed by atoms with E-state index in [4.69, 9.17) is 5.73 Å². The van der Waals surface area contributed by atoms with Gasteiger partial charge in [-0.3, -0.25) is 9.69 Å². The summed E-state index contributed by atoms with van der Waals surface area (Å²) < 4.78 is 14.8. The number of nitriles is 1. The van der Waals surface area contributed by atoms with E-state index in [1.54, 1.807) is 40.0 Å². The molecule has 7 heteroatoms. The Hall–Kier alpha value is -2.62. The number of carbonyl (C=O) groups excluding carboxylic acids is 1. The minimum Gasteiger partial charge on any atom is -0.381 e. The molecule has 3 rings (SSSR count).